The topological polar surface area (TPSA) is 82.4 Å². The molecule has 1 aliphatic heterocycles. The Hall–Kier alpha value is -3.13. The minimum Gasteiger partial charge on any atom is -0.493 e. The second kappa shape index (κ2) is 7.47. The van der Waals surface area contributed by atoms with Crippen LogP contribution in [0.15, 0.2) is 36.7 Å². The first-order valence-corrected chi connectivity index (χ1v) is 9.04. The Kier molecular flexibility index (Phi) is 4.87. The van der Waals surface area contributed by atoms with Crippen molar-refractivity contribution in [3.63, 3.8) is 0 Å². The normalized spacial score (nSPS) is 13.2. The minimum atomic E-state index is -0.109. The third kappa shape index (κ3) is 3.27. The van der Waals surface area contributed by atoms with Crippen LogP contribution >= 0.6 is 11.6 Å². The van der Waals surface area contributed by atoms with E-state index in [1.807, 2.05) is 12.1 Å². The number of amides is 1. The van der Waals surface area contributed by atoms with E-state index in [1.165, 1.54) is 11.0 Å². The van der Waals surface area contributed by atoms with E-state index in [9.17, 15) is 4.79 Å². The highest BCUT2D eigenvalue weighted by atomic mass is 35.5. The number of carbonyl (C=O) groups excluding carboxylic acids is 1. The number of aromatic nitrogens is 4. The summed E-state index contributed by atoms with van der Waals surface area (Å²) in [5.41, 5.74) is 3.22. The molecule has 0 spiro atoms. The van der Waals surface area contributed by atoms with Gasteiger partial charge in [0.25, 0.3) is 5.91 Å². The average Bonchev–Trinajstić information content (AvgIpc) is 3.26. The van der Waals surface area contributed by atoms with Gasteiger partial charge in [-0.2, -0.15) is 4.68 Å². The fourth-order valence-electron chi connectivity index (χ4n) is 3.37. The minimum absolute atomic E-state index is 0.109. The molecule has 0 aliphatic carbocycles. The summed E-state index contributed by atoms with van der Waals surface area (Å²) in [4.78, 5) is 15.1. The highest BCUT2D eigenvalue weighted by Gasteiger charge is 2.26. The van der Waals surface area contributed by atoms with Gasteiger partial charge in [-0.3, -0.25) is 4.79 Å². The maximum absolute atomic E-state index is 13.3. The van der Waals surface area contributed by atoms with Crippen molar-refractivity contribution >= 4 is 17.5 Å². The fourth-order valence-corrected chi connectivity index (χ4v) is 3.54. The highest BCUT2D eigenvalue weighted by molar-refractivity contribution is 6.31. The lowest BCUT2D eigenvalue weighted by atomic mass is 9.98. The second-order valence-electron chi connectivity index (χ2n) is 6.37. The Balaban J connectivity index is 1.66. The monoisotopic (exact) mass is 399 g/mol. The summed E-state index contributed by atoms with van der Waals surface area (Å²) in [5.74, 6) is 1.23. The number of hydrogen-bond acceptors (Lipinski definition) is 6. The molecule has 0 unspecified atom stereocenters. The van der Waals surface area contributed by atoms with Gasteiger partial charge in [0.2, 0.25) is 0 Å². The van der Waals surface area contributed by atoms with Crippen LogP contribution in [0, 0.1) is 0 Å². The SMILES string of the molecule is COc1cc2c(cc1OC)CN(C(=O)c1ccc(Cl)cc1-n1cnnn1)CC2. The molecule has 0 saturated heterocycles. The maximum atomic E-state index is 13.3. The number of benzene rings is 2. The number of halogens is 1. The van der Waals surface area contributed by atoms with E-state index >= 15 is 0 Å². The summed E-state index contributed by atoms with van der Waals surface area (Å²) in [6.45, 7) is 1.07. The largest absolute Gasteiger partial charge is 0.493 e. The quantitative estimate of drug-likeness (QED) is 0.670. The Morgan fingerprint density at radius 1 is 1.11 bits per heavy atom. The number of fused-ring (bicyclic) bond motifs is 1. The van der Waals surface area contributed by atoms with Crippen molar-refractivity contribution in [2.75, 3.05) is 20.8 Å². The van der Waals surface area contributed by atoms with Crippen LogP contribution in [0.25, 0.3) is 5.69 Å². The van der Waals surface area contributed by atoms with E-state index < -0.39 is 0 Å². The van der Waals surface area contributed by atoms with Crippen LogP contribution in [0.1, 0.15) is 21.5 Å². The third-order valence-corrected chi connectivity index (χ3v) is 5.03. The summed E-state index contributed by atoms with van der Waals surface area (Å²) in [7, 11) is 3.21. The molecule has 0 saturated carbocycles. The molecule has 0 bridgehead atoms. The zero-order valence-electron chi connectivity index (χ0n) is 15.4. The first-order chi connectivity index (χ1) is 13.6. The fraction of sp³-hybridized carbons (Fsp3) is 0.263. The molecule has 0 radical (unpaired) electrons. The van der Waals surface area contributed by atoms with E-state index in [2.05, 4.69) is 15.5 Å². The standard InChI is InChI=1S/C19H18ClN5O3/c1-27-17-7-12-5-6-24(10-13(12)8-18(17)28-2)19(26)15-4-3-14(20)9-16(15)25-11-21-22-23-25/h3-4,7-9,11H,5-6,10H2,1-2H3. The van der Waals surface area contributed by atoms with Crippen LogP contribution in [-0.2, 0) is 13.0 Å². The lowest BCUT2D eigenvalue weighted by Gasteiger charge is -2.30. The molecule has 9 heteroatoms. The lowest BCUT2D eigenvalue weighted by molar-refractivity contribution is 0.0734. The lowest BCUT2D eigenvalue weighted by Crippen LogP contribution is -2.36. The molecule has 144 valence electrons. The summed E-state index contributed by atoms with van der Waals surface area (Å²) in [6, 6.07) is 8.97. The second-order valence-corrected chi connectivity index (χ2v) is 6.80. The first-order valence-electron chi connectivity index (χ1n) is 8.66. The van der Waals surface area contributed by atoms with E-state index in [0.717, 1.165) is 17.5 Å². The molecule has 1 aromatic heterocycles. The van der Waals surface area contributed by atoms with Crippen molar-refractivity contribution in [3.8, 4) is 17.2 Å². The Morgan fingerprint density at radius 2 is 1.86 bits per heavy atom. The Bertz CT molecular complexity index is 1020. The van der Waals surface area contributed by atoms with Gasteiger partial charge < -0.3 is 14.4 Å². The van der Waals surface area contributed by atoms with Crippen LogP contribution in [0.3, 0.4) is 0 Å². The number of rotatable bonds is 4. The molecule has 2 aromatic carbocycles. The van der Waals surface area contributed by atoms with Crippen molar-refractivity contribution in [2.24, 2.45) is 0 Å². The van der Waals surface area contributed by atoms with Gasteiger partial charge >= 0.3 is 0 Å². The van der Waals surface area contributed by atoms with E-state index in [1.54, 1.807) is 37.3 Å². The van der Waals surface area contributed by atoms with Crippen LogP contribution in [-0.4, -0.2) is 51.8 Å². The zero-order valence-corrected chi connectivity index (χ0v) is 16.2. The molecule has 2 heterocycles. The predicted molar refractivity (Wildman–Crippen MR) is 102 cm³/mol. The number of ether oxygens (including phenoxy) is 2. The summed E-state index contributed by atoms with van der Waals surface area (Å²) >= 11 is 6.12. The van der Waals surface area contributed by atoms with Crippen LogP contribution in [0.2, 0.25) is 5.02 Å². The van der Waals surface area contributed by atoms with Crippen molar-refractivity contribution in [3.05, 3.63) is 58.4 Å². The van der Waals surface area contributed by atoms with E-state index in [0.29, 0.717) is 40.9 Å². The number of methoxy groups -OCH3 is 2. The summed E-state index contributed by atoms with van der Waals surface area (Å²) in [6.07, 6.45) is 2.17. The zero-order chi connectivity index (χ0) is 19.7. The summed E-state index contributed by atoms with van der Waals surface area (Å²) in [5, 5.41) is 11.7. The van der Waals surface area contributed by atoms with Crippen molar-refractivity contribution in [1.82, 2.24) is 25.1 Å². The number of carbonyl (C=O) groups is 1. The molecule has 28 heavy (non-hydrogen) atoms. The van der Waals surface area contributed by atoms with Gasteiger partial charge in [0.1, 0.15) is 6.33 Å². The molecule has 0 atom stereocenters. The summed E-state index contributed by atoms with van der Waals surface area (Å²) < 4.78 is 12.2. The van der Waals surface area contributed by atoms with Crippen LogP contribution in [0.4, 0.5) is 0 Å². The molecular weight excluding hydrogens is 382 g/mol. The van der Waals surface area contributed by atoms with Crippen molar-refractivity contribution < 1.29 is 14.3 Å². The average molecular weight is 400 g/mol. The Morgan fingerprint density at radius 3 is 2.54 bits per heavy atom. The van der Waals surface area contributed by atoms with Gasteiger partial charge in [-0.15, -0.1) is 5.10 Å². The molecule has 1 amide bonds. The molecule has 3 aromatic rings. The van der Waals surface area contributed by atoms with Crippen molar-refractivity contribution in [1.29, 1.82) is 0 Å². The number of nitrogens with zero attached hydrogens (tertiary/aromatic N) is 5. The number of tetrazole rings is 1. The maximum Gasteiger partial charge on any atom is 0.256 e. The molecule has 0 fully saturated rings. The highest BCUT2D eigenvalue weighted by Crippen LogP contribution is 2.34. The van der Waals surface area contributed by atoms with Gasteiger partial charge in [-0.05, 0) is 58.3 Å². The molecule has 1 aliphatic rings. The van der Waals surface area contributed by atoms with E-state index in [4.69, 9.17) is 21.1 Å². The smallest absolute Gasteiger partial charge is 0.256 e. The molecular formula is C19H18ClN5O3. The van der Waals surface area contributed by atoms with Crippen LogP contribution < -0.4 is 9.47 Å². The Labute approximate surface area is 166 Å². The third-order valence-electron chi connectivity index (χ3n) is 4.79. The first kappa shape index (κ1) is 18.2. The van der Waals surface area contributed by atoms with E-state index in [-0.39, 0.29) is 5.91 Å². The molecule has 4 rings (SSSR count). The predicted octanol–water partition coefficient (Wildman–Crippen LogP) is 2.53. The van der Waals surface area contributed by atoms with Gasteiger partial charge in [0.05, 0.1) is 25.5 Å². The van der Waals surface area contributed by atoms with Gasteiger partial charge in [0, 0.05) is 18.1 Å². The molecule has 0 N–H and O–H groups in total. The van der Waals surface area contributed by atoms with Crippen LogP contribution in [0.5, 0.6) is 11.5 Å². The number of hydrogen-bond donors (Lipinski definition) is 0. The molecule has 8 nitrogen and oxygen atoms in total. The van der Waals surface area contributed by atoms with Gasteiger partial charge in [-0.25, -0.2) is 0 Å². The van der Waals surface area contributed by atoms with Gasteiger partial charge in [-0.1, -0.05) is 11.6 Å². The van der Waals surface area contributed by atoms with Gasteiger partial charge in [0.15, 0.2) is 11.5 Å². The van der Waals surface area contributed by atoms with Crippen molar-refractivity contribution in [2.45, 2.75) is 13.0 Å².